The van der Waals surface area contributed by atoms with Gasteiger partial charge in [-0.2, -0.15) is 0 Å². The van der Waals surface area contributed by atoms with Crippen molar-refractivity contribution in [1.82, 2.24) is 5.48 Å². The Kier molecular flexibility index (Phi) is 4.72. The van der Waals surface area contributed by atoms with Crippen LogP contribution in [0.1, 0.15) is 33.1 Å². The van der Waals surface area contributed by atoms with Crippen molar-refractivity contribution in [2.24, 2.45) is 17.3 Å². The molecule has 2 nitrogen and oxygen atoms in total. The average molecular weight is 235 g/mol. The Bertz CT molecular complexity index is 321. The Balaban J connectivity index is 2.79. The van der Waals surface area contributed by atoms with Gasteiger partial charge < -0.3 is 5.21 Å². The lowest BCUT2D eigenvalue weighted by molar-refractivity contribution is 0.150. The summed E-state index contributed by atoms with van der Waals surface area (Å²) >= 11 is 0. The molecule has 0 bridgehead atoms. The fourth-order valence-electron chi connectivity index (χ4n) is 2.96. The SMILES string of the molecule is C=C[C@]1(C)CC[C@@H](C(=C)CNO)C[C@H]1C(=C)C. The summed E-state index contributed by atoms with van der Waals surface area (Å²) in [5, 5.41) is 8.75. The molecule has 0 aromatic carbocycles. The molecule has 2 N–H and O–H groups in total. The monoisotopic (exact) mass is 235 g/mol. The maximum atomic E-state index is 8.75. The summed E-state index contributed by atoms with van der Waals surface area (Å²) in [6.07, 6.45) is 5.38. The minimum atomic E-state index is 0.162. The first-order chi connectivity index (χ1) is 7.94. The van der Waals surface area contributed by atoms with Crippen LogP contribution in [0.2, 0.25) is 0 Å². The Morgan fingerprint density at radius 1 is 1.53 bits per heavy atom. The quantitative estimate of drug-likeness (QED) is 0.562. The van der Waals surface area contributed by atoms with Crippen molar-refractivity contribution >= 4 is 0 Å². The van der Waals surface area contributed by atoms with Crippen LogP contribution in [0, 0.1) is 17.3 Å². The van der Waals surface area contributed by atoms with Gasteiger partial charge in [0.1, 0.15) is 0 Å². The molecule has 0 aliphatic heterocycles. The van der Waals surface area contributed by atoms with Crippen LogP contribution in [-0.4, -0.2) is 11.8 Å². The molecule has 1 saturated carbocycles. The third-order valence-corrected chi connectivity index (χ3v) is 4.29. The van der Waals surface area contributed by atoms with Gasteiger partial charge in [-0.15, -0.1) is 6.58 Å². The number of allylic oxidation sites excluding steroid dienone is 2. The minimum absolute atomic E-state index is 0.162. The molecule has 0 unspecified atom stereocenters. The van der Waals surface area contributed by atoms with Gasteiger partial charge in [-0.3, -0.25) is 0 Å². The van der Waals surface area contributed by atoms with E-state index in [1.165, 1.54) is 5.57 Å². The maximum Gasteiger partial charge on any atom is 0.0417 e. The number of hydrogen-bond donors (Lipinski definition) is 2. The topological polar surface area (TPSA) is 32.3 Å². The molecular weight excluding hydrogens is 210 g/mol. The number of rotatable bonds is 5. The van der Waals surface area contributed by atoms with Gasteiger partial charge in [-0.25, -0.2) is 5.48 Å². The zero-order chi connectivity index (χ0) is 13.1. The summed E-state index contributed by atoms with van der Waals surface area (Å²) < 4.78 is 0. The van der Waals surface area contributed by atoms with Crippen molar-refractivity contribution < 1.29 is 5.21 Å². The fraction of sp³-hybridized carbons (Fsp3) is 0.600. The first kappa shape index (κ1) is 14.2. The molecule has 1 rings (SSSR count). The standard InChI is InChI=1S/C15H25NO/c1-6-15(5)8-7-13(12(4)10-16-17)9-14(15)11(2)3/h6,13-14,16-17H,1-2,4,7-10H2,3,5H3/t13-,14+,15-/m1/s1. The minimum Gasteiger partial charge on any atom is -0.317 e. The van der Waals surface area contributed by atoms with Crippen molar-refractivity contribution in [3.05, 3.63) is 37.0 Å². The predicted octanol–water partition coefficient (Wildman–Crippen LogP) is 3.71. The molecule has 0 heterocycles. The lowest BCUT2D eigenvalue weighted by Crippen LogP contribution is -2.34. The number of nitrogens with one attached hydrogen (secondary N) is 1. The van der Waals surface area contributed by atoms with Crippen LogP contribution in [0.3, 0.4) is 0 Å². The molecule has 1 fully saturated rings. The largest absolute Gasteiger partial charge is 0.317 e. The second-order valence-corrected chi connectivity index (χ2v) is 5.57. The Hall–Kier alpha value is -0.860. The molecule has 0 saturated heterocycles. The summed E-state index contributed by atoms with van der Waals surface area (Å²) in [6.45, 7) is 17.0. The van der Waals surface area contributed by atoms with Crippen molar-refractivity contribution in [1.29, 1.82) is 0 Å². The van der Waals surface area contributed by atoms with E-state index in [-0.39, 0.29) is 5.41 Å². The van der Waals surface area contributed by atoms with Gasteiger partial charge in [0.2, 0.25) is 0 Å². The van der Waals surface area contributed by atoms with Gasteiger partial charge in [0.15, 0.2) is 0 Å². The molecule has 2 heteroatoms. The van der Waals surface area contributed by atoms with Crippen molar-refractivity contribution in [3.8, 4) is 0 Å². The molecule has 0 aromatic rings. The van der Waals surface area contributed by atoms with Crippen LogP contribution < -0.4 is 5.48 Å². The second kappa shape index (κ2) is 5.65. The van der Waals surface area contributed by atoms with Crippen LogP contribution in [0.4, 0.5) is 0 Å². The first-order valence-corrected chi connectivity index (χ1v) is 6.28. The third-order valence-electron chi connectivity index (χ3n) is 4.29. The van der Waals surface area contributed by atoms with Gasteiger partial charge in [0.05, 0.1) is 0 Å². The Labute approximate surface area is 105 Å². The lowest BCUT2D eigenvalue weighted by Gasteiger charge is -2.43. The van der Waals surface area contributed by atoms with Crippen LogP contribution >= 0.6 is 0 Å². The van der Waals surface area contributed by atoms with Gasteiger partial charge in [-0.05, 0) is 43.4 Å². The Morgan fingerprint density at radius 3 is 2.65 bits per heavy atom. The zero-order valence-corrected chi connectivity index (χ0v) is 11.1. The molecule has 17 heavy (non-hydrogen) atoms. The van der Waals surface area contributed by atoms with Crippen molar-refractivity contribution in [2.75, 3.05) is 6.54 Å². The molecular formula is C15H25NO. The van der Waals surface area contributed by atoms with Gasteiger partial charge in [0, 0.05) is 6.54 Å². The number of hydroxylamine groups is 1. The maximum absolute atomic E-state index is 8.75. The van der Waals surface area contributed by atoms with Crippen LogP contribution in [0.15, 0.2) is 37.0 Å². The first-order valence-electron chi connectivity index (χ1n) is 6.28. The highest BCUT2D eigenvalue weighted by Gasteiger charge is 2.38. The zero-order valence-electron chi connectivity index (χ0n) is 11.1. The van der Waals surface area contributed by atoms with E-state index >= 15 is 0 Å². The molecule has 0 aromatic heterocycles. The highest BCUT2D eigenvalue weighted by molar-refractivity contribution is 5.16. The third kappa shape index (κ3) is 3.08. The van der Waals surface area contributed by atoms with Gasteiger partial charge >= 0.3 is 0 Å². The normalized spacial score (nSPS) is 33.1. The van der Waals surface area contributed by atoms with E-state index in [1.807, 2.05) is 0 Å². The van der Waals surface area contributed by atoms with Gasteiger partial charge in [0.25, 0.3) is 0 Å². The highest BCUT2D eigenvalue weighted by atomic mass is 16.5. The van der Waals surface area contributed by atoms with E-state index in [0.717, 1.165) is 24.8 Å². The molecule has 96 valence electrons. The number of hydrogen-bond acceptors (Lipinski definition) is 2. The Morgan fingerprint density at radius 2 is 2.18 bits per heavy atom. The van der Waals surface area contributed by atoms with Gasteiger partial charge in [-0.1, -0.05) is 37.3 Å². The smallest absolute Gasteiger partial charge is 0.0417 e. The van der Waals surface area contributed by atoms with E-state index in [4.69, 9.17) is 5.21 Å². The van der Waals surface area contributed by atoms with Crippen molar-refractivity contribution in [2.45, 2.75) is 33.1 Å². The molecule has 3 atom stereocenters. The molecule has 1 aliphatic carbocycles. The molecule has 0 amide bonds. The predicted molar refractivity (Wildman–Crippen MR) is 72.9 cm³/mol. The van der Waals surface area contributed by atoms with E-state index in [0.29, 0.717) is 18.4 Å². The summed E-state index contributed by atoms with van der Waals surface area (Å²) in [5.41, 5.74) is 4.68. The fourth-order valence-corrected chi connectivity index (χ4v) is 2.96. The molecule has 0 spiro atoms. The molecule has 1 aliphatic rings. The van der Waals surface area contributed by atoms with E-state index in [1.54, 1.807) is 0 Å². The summed E-state index contributed by atoms with van der Waals surface area (Å²) in [7, 11) is 0. The van der Waals surface area contributed by atoms with Crippen LogP contribution in [0.5, 0.6) is 0 Å². The lowest BCUT2D eigenvalue weighted by atomic mass is 9.61. The van der Waals surface area contributed by atoms with E-state index < -0.39 is 0 Å². The summed E-state index contributed by atoms with van der Waals surface area (Å²) in [6, 6.07) is 0. The van der Waals surface area contributed by atoms with E-state index in [9.17, 15) is 0 Å². The van der Waals surface area contributed by atoms with Crippen molar-refractivity contribution in [3.63, 3.8) is 0 Å². The second-order valence-electron chi connectivity index (χ2n) is 5.57. The average Bonchev–Trinajstić information content (AvgIpc) is 2.29. The van der Waals surface area contributed by atoms with E-state index in [2.05, 4.69) is 45.1 Å². The van der Waals surface area contributed by atoms with Crippen LogP contribution in [-0.2, 0) is 0 Å². The molecule has 0 radical (unpaired) electrons. The summed E-state index contributed by atoms with van der Waals surface area (Å²) in [4.78, 5) is 0. The highest BCUT2D eigenvalue weighted by Crippen LogP contribution is 2.48. The summed E-state index contributed by atoms with van der Waals surface area (Å²) in [5.74, 6) is 0.943. The van der Waals surface area contributed by atoms with Crippen LogP contribution in [0.25, 0.3) is 0 Å².